The summed E-state index contributed by atoms with van der Waals surface area (Å²) < 4.78 is 0. The van der Waals surface area contributed by atoms with Crippen LogP contribution in [0.3, 0.4) is 0 Å². The maximum atomic E-state index is 3.58. The summed E-state index contributed by atoms with van der Waals surface area (Å²) in [6, 6.07) is 46.3. The second-order valence-electron chi connectivity index (χ2n) is 8.37. The minimum absolute atomic E-state index is 1.18. The highest BCUT2D eigenvalue weighted by molar-refractivity contribution is 6.07. The smallest absolute Gasteiger partial charge is 0.0544 e. The van der Waals surface area contributed by atoms with Crippen LogP contribution < -0.4 is 0 Å². The third kappa shape index (κ3) is 3.66. The van der Waals surface area contributed by atoms with Gasteiger partial charge < -0.3 is 9.97 Å². The summed E-state index contributed by atoms with van der Waals surface area (Å²) in [6.45, 7) is 0. The molecule has 0 aliphatic carbocycles. The number of nitrogens with one attached hydrogen (secondary N) is 2. The van der Waals surface area contributed by atoms with Crippen molar-refractivity contribution in [2.24, 2.45) is 0 Å². The van der Waals surface area contributed by atoms with Crippen LogP contribution >= 0.6 is 0 Å². The second-order valence-corrected chi connectivity index (χ2v) is 8.37. The molecule has 0 unspecified atom stereocenters. The molecule has 0 aliphatic rings. The monoisotopic (exact) mass is 436 g/mol. The second kappa shape index (κ2) is 8.76. The first-order chi connectivity index (χ1) is 16.9. The third-order valence-corrected chi connectivity index (χ3v) is 6.24. The molecular weight excluding hydrogens is 412 g/mol. The Bertz CT molecular complexity index is 1640. The van der Waals surface area contributed by atoms with Crippen molar-refractivity contribution in [3.8, 4) is 22.4 Å². The topological polar surface area (TPSA) is 31.6 Å². The Hall–Kier alpha value is -4.56. The largest absolute Gasteiger partial charge is 0.355 e. The van der Waals surface area contributed by atoms with Crippen LogP contribution in [0, 0.1) is 0 Å². The van der Waals surface area contributed by atoms with Crippen molar-refractivity contribution in [1.82, 2.24) is 9.97 Å². The standard InChI is InChI=1S/C20H15N.C12H9N/c1-3-9-15(10-4-1)19-17-13-7-8-14-18(17)21-20(19)16-11-5-2-6-12-16;1-3-7-11-9(5-1)10-6-2-4-8-12(10)13-11/h1-14,21H;1-8,13H. The van der Waals surface area contributed by atoms with E-state index in [4.69, 9.17) is 0 Å². The molecule has 7 aromatic rings. The highest BCUT2D eigenvalue weighted by atomic mass is 14.7. The Morgan fingerprint density at radius 2 is 0.735 bits per heavy atom. The first-order valence-corrected chi connectivity index (χ1v) is 11.6. The zero-order valence-corrected chi connectivity index (χ0v) is 18.7. The van der Waals surface area contributed by atoms with Crippen LogP contribution in [-0.4, -0.2) is 9.97 Å². The van der Waals surface area contributed by atoms with E-state index in [1.54, 1.807) is 0 Å². The van der Waals surface area contributed by atoms with Gasteiger partial charge in [-0.25, -0.2) is 0 Å². The number of fused-ring (bicyclic) bond motifs is 4. The third-order valence-electron chi connectivity index (χ3n) is 6.24. The number of H-pyrrole nitrogens is 2. The quantitative estimate of drug-likeness (QED) is 0.271. The fourth-order valence-electron chi connectivity index (χ4n) is 4.67. The molecule has 2 aromatic heterocycles. The normalized spacial score (nSPS) is 10.9. The van der Waals surface area contributed by atoms with Gasteiger partial charge in [-0.3, -0.25) is 0 Å². The fourth-order valence-corrected chi connectivity index (χ4v) is 4.67. The van der Waals surface area contributed by atoms with Gasteiger partial charge >= 0.3 is 0 Å². The molecule has 0 atom stereocenters. The Balaban J connectivity index is 0.000000143. The molecular formula is C32H24N2. The molecule has 2 N–H and O–H groups in total. The van der Waals surface area contributed by atoms with Crippen molar-refractivity contribution in [1.29, 1.82) is 0 Å². The lowest BCUT2D eigenvalue weighted by molar-refractivity contribution is 1.45. The number of para-hydroxylation sites is 3. The van der Waals surface area contributed by atoms with E-state index < -0.39 is 0 Å². The number of rotatable bonds is 2. The zero-order chi connectivity index (χ0) is 22.7. The van der Waals surface area contributed by atoms with E-state index in [0.717, 1.165) is 0 Å². The average Bonchev–Trinajstić information content (AvgIpc) is 3.49. The van der Waals surface area contributed by atoms with Crippen molar-refractivity contribution in [2.45, 2.75) is 0 Å². The van der Waals surface area contributed by atoms with Crippen LogP contribution in [0.2, 0.25) is 0 Å². The van der Waals surface area contributed by atoms with Gasteiger partial charge in [0.1, 0.15) is 0 Å². The molecule has 162 valence electrons. The van der Waals surface area contributed by atoms with E-state index in [1.165, 1.54) is 55.1 Å². The Labute approximate surface area is 198 Å². The molecule has 0 radical (unpaired) electrons. The lowest BCUT2D eigenvalue weighted by Crippen LogP contribution is -1.82. The summed E-state index contributed by atoms with van der Waals surface area (Å²) in [5.41, 5.74) is 8.52. The predicted octanol–water partition coefficient (Wildman–Crippen LogP) is 8.82. The van der Waals surface area contributed by atoms with E-state index in [2.05, 4.69) is 137 Å². The molecule has 7 rings (SSSR count). The Morgan fingerprint density at radius 1 is 0.324 bits per heavy atom. The summed E-state index contributed by atoms with van der Waals surface area (Å²) in [6.07, 6.45) is 0. The first kappa shape index (κ1) is 20.1. The molecule has 5 aromatic carbocycles. The van der Waals surface area contributed by atoms with E-state index in [-0.39, 0.29) is 0 Å². The van der Waals surface area contributed by atoms with E-state index in [1.807, 2.05) is 6.07 Å². The van der Waals surface area contributed by atoms with Crippen molar-refractivity contribution in [3.63, 3.8) is 0 Å². The molecule has 2 nitrogen and oxygen atoms in total. The predicted molar refractivity (Wildman–Crippen MR) is 145 cm³/mol. The SMILES string of the molecule is c1ccc(-c2[nH]c3ccccc3c2-c2ccccc2)cc1.c1ccc2c(c1)[nH]c1ccccc12. The molecule has 0 aliphatic heterocycles. The lowest BCUT2D eigenvalue weighted by Gasteiger charge is -2.05. The first-order valence-electron chi connectivity index (χ1n) is 11.6. The van der Waals surface area contributed by atoms with Gasteiger partial charge in [0.05, 0.1) is 5.69 Å². The van der Waals surface area contributed by atoms with Crippen LogP contribution in [0.15, 0.2) is 133 Å². The average molecular weight is 437 g/mol. The van der Waals surface area contributed by atoms with Gasteiger partial charge in [0.15, 0.2) is 0 Å². The van der Waals surface area contributed by atoms with Crippen LogP contribution in [-0.2, 0) is 0 Å². The van der Waals surface area contributed by atoms with Crippen molar-refractivity contribution >= 4 is 32.7 Å². The van der Waals surface area contributed by atoms with Gasteiger partial charge in [-0.05, 0) is 29.3 Å². The van der Waals surface area contributed by atoms with Gasteiger partial charge in [0.25, 0.3) is 0 Å². The lowest BCUT2D eigenvalue weighted by atomic mass is 9.98. The van der Waals surface area contributed by atoms with Gasteiger partial charge in [0, 0.05) is 38.3 Å². The number of benzene rings is 5. The van der Waals surface area contributed by atoms with Crippen molar-refractivity contribution in [3.05, 3.63) is 133 Å². The molecule has 0 amide bonds. The van der Waals surface area contributed by atoms with Crippen LogP contribution in [0.4, 0.5) is 0 Å². The number of aromatic amines is 2. The summed E-state index contributed by atoms with van der Waals surface area (Å²) in [7, 11) is 0. The highest BCUT2D eigenvalue weighted by Gasteiger charge is 2.14. The summed E-state index contributed by atoms with van der Waals surface area (Å²) in [4.78, 5) is 6.96. The molecule has 0 saturated heterocycles. The maximum absolute atomic E-state index is 3.58. The molecule has 34 heavy (non-hydrogen) atoms. The number of hydrogen-bond donors (Lipinski definition) is 2. The van der Waals surface area contributed by atoms with Gasteiger partial charge in [-0.1, -0.05) is 115 Å². The zero-order valence-electron chi connectivity index (χ0n) is 18.7. The van der Waals surface area contributed by atoms with Crippen molar-refractivity contribution in [2.75, 3.05) is 0 Å². The van der Waals surface area contributed by atoms with E-state index in [0.29, 0.717) is 0 Å². The van der Waals surface area contributed by atoms with Gasteiger partial charge in [0.2, 0.25) is 0 Å². The molecule has 0 bridgehead atoms. The van der Waals surface area contributed by atoms with E-state index in [9.17, 15) is 0 Å². The van der Waals surface area contributed by atoms with Crippen LogP contribution in [0.1, 0.15) is 0 Å². The Kier molecular flexibility index (Phi) is 5.17. The highest BCUT2D eigenvalue weighted by Crippen LogP contribution is 2.37. The molecule has 2 heterocycles. The maximum Gasteiger partial charge on any atom is 0.0544 e. The minimum atomic E-state index is 1.18. The number of hydrogen-bond acceptors (Lipinski definition) is 0. The molecule has 0 fully saturated rings. The van der Waals surface area contributed by atoms with Gasteiger partial charge in [-0.15, -0.1) is 0 Å². The Morgan fingerprint density at radius 3 is 1.29 bits per heavy atom. The minimum Gasteiger partial charge on any atom is -0.355 e. The number of aromatic nitrogens is 2. The fraction of sp³-hybridized carbons (Fsp3) is 0. The molecule has 2 heteroatoms. The van der Waals surface area contributed by atoms with Crippen molar-refractivity contribution < 1.29 is 0 Å². The summed E-state index contributed by atoms with van der Waals surface area (Å²) >= 11 is 0. The van der Waals surface area contributed by atoms with Crippen LogP contribution in [0.25, 0.3) is 55.1 Å². The van der Waals surface area contributed by atoms with Crippen LogP contribution in [0.5, 0.6) is 0 Å². The van der Waals surface area contributed by atoms with Gasteiger partial charge in [-0.2, -0.15) is 0 Å². The summed E-state index contributed by atoms with van der Waals surface area (Å²) in [5.74, 6) is 0. The molecule has 0 spiro atoms. The summed E-state index contributed by atoms with van der Waals surface area (Å²) in [5, 5.41) is 3.87. The van der Waals surface area contributed by atoms with E-state index >= 15 is 0 Å². The molecule has 0 saturated carbocycles.